The summed E-state index contributed by atoms with van der Waals surface area (Å²) in [5.41, 5.74) is 4.71. The third kappa shape index (κ3) is 4.33. The van der Waals surface area contributed by atoms with Crippen molar-refractivity contribution in [1.82, 2.24) is 4.90 Å². The van der Waals surface area contributed by atoms with Gasteiger partial charge < -0.3 is 9.47 Å². The van der Waals surface area contributed by atoms with E-state index in [0.29, 0.717) is 19.8 Å². The zero-order valence-electron chi connectivity index (χ0n) is 15.4. The Morgan fingerprint density at radius 1 is 1.15 bits per heavy atom. The molecule has 0 N–H and O–H groups in total. The molecular formula is C22H25NO3. The normalized spacial score (nSPS) is 14.3. The summed E-state index contributed by atoms with van der Waals surface area (Å²) in [6, 6.07) is 16.5. The van der Waals surface area contributed by atoms with Crippen LogP contribution in [0.25, 0.3) is 5.57 Å². The van der Waals surface area contributed by atoms with Crippen molar-refractivity contribution in [2.75, 3.05) is 26.7 Å². The van der Waals surface area contributed by atoms with E-state index in [-0.39, 0.29) is 5.97 Å². The number of carbonyl (C=O) groups is 1. The minimum atomic E-state index is -0.179. The predicted octanol–water partition coefficient (Wildman–Crippen LogP) is 3.90. The zero-order chi connectivity index (χ0) is 18.4. The first-order valence-electron chi connectivity index (χ1n) is 9.04. The number of esters is 1. The molecule has 136 valence electrons. The third-order valence-corrected chi connectivity index (χ3v) is 4.43. The van der Waals surface area contributed by atoms with Crippen LogP contribution in [0.15, 0.2) is 54.6 Å². The molecule has 2 aromatic carbocycles. The lowest BCUT2D eigenvalue weighted by molar-refractivity contribution is -0.144. The highest BCUT2D eigenvalue weighted by atomic mass is 16.5. The molecule has 1 aliphatic heterocycles. The molecule has 0 aromatic heterocycles. The van der Waals surface area contributed by atoms with Crippen LogP contribution in [0.4, 0.5) is 0 Å². The van der Waals surface area contributed by atoms with E-state index in [2.05, 4.69) is 30.3 Å². The summed E-state index contributed by atoms with van der Waals surface area (Å²) in [6.45, 7) is 3.92. The first-order valence-corrected chi connectivity index (χ1v) is 9.04. The topological polar surface area (TPSA) is 38.8 Å². The number of rotatable bonds is 6. The maximum atomic E-state index is 11.6. The summed E-state index contributed by atoms with van der Waals surface area (Å²) in [5.74, 6) is 0.732. The lowest BCUT2D eigenvalue weighted by Crippen LogP contribution is -2.28. The highest BCUT2D eigenvalue weighted by Gasteiger charge is 2.18. The second kappa shape index (κ2) is 8.68. The highest BCUT2D eigenvalue weighted by Crippen LogP contribution is 2.36. The fourth-order valence-electron chi connectivity index (χ4n) is 3.18. The number of likely N-dealkylation sites (N-methyl/N-ethyl adjacent to an activating group) is 1. The average Bonchev–Trinajstić information content (AvgIpc) is 2.79. The summed E-state index contributed by atoms with van der Waals surface area (Å²) in [6.07, 6.45) is 3.09. The van der Waals surface area contributed by atoms with E-state index in [9.17, 15) is 4.79 Å². The summed E-state index contributed by atoms with van der Waals surface area (Å²) < 4.78 is 11.0. The molecule has 4 nitrogen and oxygen atoms in total. The first-order chi connectivity index (χ1) is 12.7. The number of fused-ring (bicyclic) bond motifs is 2. The molecule has 1 heterocycles. The number of hydrogen-bond acceptors (Lipinski definition) is 4. The number of hydrogen-bond donors (Lipinski definition) is 0. The van der Waals surface area contributed by atoms with Crippen LogP contribution < -0.4 is 4.74 Å². The minimum Gasteiger partial charge on any atom is -0.488 e. The van der Waals surface area contributed by atoms with Crippen LogP contribution in [0.2, 0.25) is 0 Å². The van der Waals surface area contributed by atoms with Crippen LogP contribution in [0.3, 0.4) is 0 Å². The smallest absolute Gasteiger partial charge is 0.320 e. The molecule has 3 rings (SSSR count). The Bertz CT molecular complexity index is 748. The number of nitrogens with zero attached hydrogens (tertiary/aromatic N) is 1. The summed E-state index contributed by atoms with van der Waals surface area (Å²) in [5, 5.41) is 0. The molecule has 0 amide bonds. The Morgan fingerprint density at radius 3 is 2.69 bits per heavy atom. The van der Waals surface area contributed by atoms with Crippen molar-refractivity contribution in [3.05, 3.63) is 71.3 Å². The highest BCUT2D eigenvalue weighted by molar-refractivity contribution is 5.84. The van der Waals surface area contributed by atoms with Crippen molar-refractivity contribution in [1.29, 1.82) is 0 Å². The average molecular weight is 351 g/mol. The number of ether oxygens (including phenoxy) is 2. The van der Waals surface area contributed by atoms with Crippen molar-refractivity contribution in [2.45, 2.75) is 20.0 Å². The van der Waals surface area contributed by atoms with Crippen molar-refractivity contribution >= 4 is 11.5 Å². The van der Waals surface area contributed by atoms with Crippen LogP contribution >= 0.6 is 0 Å². The Hall–Kier alpha value is -2.59. The monoisotopic (exact) mass is 351 g/mol. The Kier molecular flexibility index (Phi) is 6.08. The lowest BCUT2D eigenvalue weighted by Gasteiger charge is -2.15. The van der Waals surface area contributed by atoms with Gasteiger partial charge in [-0.2, -0.15) is 0 Å². The molecule has 0 bridgehead atoms. The fourth-order valence-corrected chi connectivity index (χ4v) is 3.18. The van der Waals surface area contributed by atoms with Crippen molar-refractivity contribution in [2.24, 2.45) is 0 Å². The fraction of sp³-hybridized carbons (Fsp3) is 0.318. The molecule has 2 aromatic rings. The molecular weight excluding hydrogens is 326 g/mol. The zero-order valence-corrected chi connectivity index (χ0v) is 15.4. The van der Waals surface area contributed by atoms with E-state index in [1.54, 1.807) is 0 Å². The van der Waals surface area contributed by atoms with Crippen LogP contribution in [0.1, 0.15) is 30.0 Å². The SMILES string of the molecule is CCOC(=O)CN(C)CC/C=C1\c2ccccc2COc2ccccc21. The maximum absolute atomic E-state index is 11.6. The number of carbonyl (C=O) groups excluding carboxylic acids is 1. The number of para-hydroxylation sites is 1. The summed E-state index contributed by atoms with van der Waals surface area (Å²) in [4.78, 5) is 13.6. The van der Waals surface area contributed by atoms with Crippen molar-refractivity contribution in [3.8, 4) is 5.75 Å². The molecule has 0 spiro atoms. The summed E-state index contributed by atoms with van der Waals surface area (Å²) in [7, 11) is 1.94. The van der Waals surface area contributed by atoms with Crippen LogP contribution in [0.5, 0.6) is 5.75 Å². The van der Waals surface area contributed by atoms with E-state index in [0.717, 1.165) is 24.3 Å². The molecule has 0 aliphatic carbocycles. The van der Waals surface area contributed by atoms with Gasteiger partial charge in [0.2, 0.25) is 0 Å². The second-order valence-corrected chi connectivity index (χ2v) is 6.39. The van der Waals surface area contributed by atoms with Gasteiger partial charge >= 0.3 is 5.97 Å². The molecule has 1 aliphatic rings. The lowest BCUT2D eigenvalue weighted by atomic mass is 9.93. The molecule has 0 radical (unpaired) electrons. The van der Waals surface area contributed by atoms with Gasteiger partial charge in [0.1, 0.15) is 12.4 Å². The van der Waals surface area contributed by atoms with Gasteiger partial charge in [-0.15, -0.1) is 0 Å². The molecule has 26 heavy (non-hydrogen) atoms. The van der Waals surface area contributed by atoms with Crippen LogP contribution in [0, 0.1) is 0 Å². The first kappa shape index (κ1) is 18.2. The maximum Gasteiger partial charge on any atom is 0.320 e. The van der Waals surface area contributed by atoms with Crippen molar-refractivity contribution < 1.29 is 14.3 Å². The molecule has 4 heteroatoms. The second-order valence-electron chi connectivity index (χ2n) is 6.39. The minimum absolute atomic E-state index is 0.179. The molecule has 0 atom stereocenters. The van der Waals surface area contributed by atoms with Crippen LogP contribution in [-0.4, -0.2) is 37.6 Å². The van der Waals surface area contributed by atoms with Gasteiger partial charge in [0.15, 0.2) is 0 Å². The van der Waals surface area contributed by atoms with Gasteiger partial charge in [0, 0.05) is 12.1 Å². The van der Waals surface area contributed by atoms with Gasteiger partial charge in [-0.25, -0.2) is 0 Å². The molecule has 0 unspecified atom stereocenters. The summed E-state index contributed by atoms with van der Waals surface area (Å²) >= 11 is 0. The standard InChI is InChI=1S/C22H25NO3/c1-3-25-22(24)15-23(2)14-8-12-19-18-10-5-4-9-17(18)16-26-21-13-7-6-11-20(19)21/h4-7,9-13H,3,8,14-16H2,1-2H3/b19-12+. The molecule has 0 saturated carbocycles. The van der Waals surface area contributed by atoms with Gasteiger partial charge in [0.05, 0.1) is 13.2 Å². The van der Waals surface area contributed by atoms with E-state index < -0.39 is 0 Å². The van der Waals surface area contributed by atoms with E-state index in [4.69, 9.17) is 9.47 Å². The van der Waals surface area contributed by atoms with Gasteiger partial charge in [0.25, 0.3) is 0 Å². The van der Waals surface area contributed by atoms with Gasteiger partial charge in [-0.1, -0.05) is 48.5 Å². The third-order valence-electron chi connectivity index (χ3n) is 4.43. The van der Waals surface area contributed by atoms with E-state index in [1.165, 1.54) is 16.7 Å². The van der Waals surface area contributed by atoms with E-state index in [1.807, 2.05) is 43.1 Å². The largest absolute Gasteiger partial charge is 0.488 e. The van der Waals surface area contributed by atoms with E-state index >= 15 is 0 Å². The predicted molar refractivity (Wildman–Crippen MR) is 103 cm³/mol. The Balaban J connectivity index is 1.80. The number of benzene rings is 2. The quantitative estimate of drug-likeness (QED) is 0.740. The molecule has 0 fully saturated rings. The van der Waals surface area contributed by atoms with Crippen molar-refractivity contribution in [3.63, 3.8) is 0 Å². The Labute approximate surface area is 155 Å². The van der Waals surface area contributed by atoms with Gasteiger partial charge in [-0.3, -0.25) is 9.69 Å². The Morgan fingerprint density at radius 2 is 1.88 bits per heavy atom. The van der Waals surface area contributed by atoms with Crippen LogP contribution in [-0.2, 0) is 16.1 Å². The van der Waals surface area contributed by atoms with Gasteiger partial charge in [-0.05, 0) is 43.2 Å². The molecule has 0 saturated heterocycles.